The molecule has 3 N–H and O–H groups in total. The Bertz CT molecular complexity index is 817. The third-order valence-corrected chi connectivity index (χ3v) is 4.28. The van der Waals surface area contributed by atoms with Gasteiger partial charge < -0.3 is 16.0 Å². The molecule has 0 aliphatic carbocycles. The Morgan fingerprint density at radius 1 is 0.923 bits per heavy atom. The van der Waals surface area contributed by atoms with Gasteiger partial charge in [-0.15, -0.1) is 0 Å². The minimum Gasteiger partial charge on any atom is -0.345 e. The standard InChI is InChI=1S/C19H20BrN3O3/c1-11(17-6-4-5-7-18(17)20)21-19(26)14-8-15(22-12(2)24)10-16(9-14)23-13(3)25/h4-11H,1-3H3,(H,21,26)(H,22,24)(H,23,25). The van der Waals surface area contributed by atoms with Crippen LogP contribution in [0.5, 0.6) is 0 Å². The van der Waals surface area contributed by atoms with E-state index in [-0.39, 0.29) is 23.8 Å². The molecule has 136 valence electrons. The third-order valence-electron chi connectivity index (χ3n) is 3.56. The zero-order valence-corrected chi connectivity index (χ0v) is 16.3. The van der Waals surface area contributed by atoms with Gasteiger partial charge >= 0.3 is 0 Å². The number of halogens is 1. The summed E-state index contributed by atoms with van der Waals surface area (Å²) >= 11 is 3.47. The van der Waals surface area contributed by atoms with Crippen LogP contribution in [0.2, 0.25) is 0 Å². The van der Waals surface area contributed by atoms with E-state index in [0.717, 1.165) is 10.0 Å². The molecular formula is C19H20BrN3O3. The molecule has 1 atom stereocenters. The van der Waals surface area contributed by atoms with Crippen molar-refractivity contribution in [1.82, 2.24) is 5.32 Å². The number of rotatable bonds is 5. The maximum atomic E-state index is 12.7. The van der Waals surface area contributed by atoms with E-state index in [9.17, 15) is 14.4 Å². The molecule has 0 saturated heterocycles. The summed E-state index contributed by atoms with van der Waals surface area (Å²) in [5, 5.41) is 8.18. The summed E-state index contributed by atoms with van der Waals surface area (Å²) in [7, 11) is 0. The molecular weight excluding hydrogens is 398 g/mol. The fourth-order valence-corrected chi connectivity index (χ4v) is 3.12. The Hall–Kier alpha value is -2.67. The molecule has 0 saturated carbocycles. The van der Waals surface area contributed by atoms with Gasteiger partial charge in [-0.2, -0.15) is 0 Å². The smallest absolute Gasteiger partial charge is 0.251 e. The lowest BCUT2D eigenvalue weighted by molar-refractivity contribution is -0.115. The van der Waals surface area contributed by atoms with Crippen molar-refractivity contribution in [3.63, 3.8) is 0 Å². The molecule has 1 unspecified atom stereocenters. The van der Waals surface area contributed by atoms with E-state index < -0.39 is 0 Å². The van der Waals surface area contributed by atoms with Gasteiger partial charge in [-0.1, -0.05) is 34.1 Å². The first-order chi connectivity index (χ1) is 12.3. The Labute approximate surface area is 160 Å². The average Bonchev–Trinajstić information content (AvgIpc) is 2.53. The van der Waals surface area contributed by atoms with Gasteiger partial charge in [0.15, 0.2) is 0 Å². The van der Waals surface area contributed by atoms with Crippen LogP contribution >= 0.6 is 15.9 Å². The number of anilines is 2. The van der Waals surface area contributed by atoms with E-state index in [1.54, 1.807) is 18.2 Å². The Morgan fingerprint density at radius 2 is 1.46 bits per heavy atom. The summed E-state index contributed by atoms with van der Waals surface area (Å²) in [6, 6.07) is 12.1. The van der Waals surface area contributed by atoms with Crippen molar-refractivity contribution < 1.29 is 14.4 Å². The first kappa shape index (κ1) is 19.7. The van der Waals surface area contributed by atoms with E-state index >= 15 is 0 Å². The summed E-state index contributed by atoms with van der Waals surface area (Å²) in [4.78, 5) is 35.3. The highest BCUT2D eigenvalue weighted by atomic mass is 79.9. The van der Waals surface area contributed by atoms with Crippen molar-refractivity contribution in [3.05, 3.63) is 58.1 Å². The van der Waals surface area contributed by atoms with Crippen LogP contribution in [0, 0.1) is 0 Å². The second kappa shape index (κ2) is 8.62. The lowest BCUT2D eigenvalue weighted by atomic mass is 10.1. The predicted molar refractivity (Wildman–Crippen MR) is 105 cm³/mol. The predicted octanol–water partition coefficient (Wildman–Crippen LogP) is 3.86. The van der Waals surface area contributed by atoms with Crippen LogP contribution in [-0.4, -0.2) is 17.7 Å². The molecule has 2 aromatic rings. The lowest BCUT2D eigenvalue weighted by Crippen LogP contribution is -2.27. The second-order valence-electron chi connectivity index (χ2n) is 5.88. The number of carbonyl (C=O) groups is 3. The highest BCUT2D eigenvalue weighted by Crippen LogP contribution is 2.24. The van der Waals surface area contributed by atoms with Crippen LogP contribution in [0.4, 0.5) is 11.4 Å². The monoisotopic (exact) mass is 417 g/mol. The van der Waals surface area contributed by atoms with E-state index in [0.29, 0.717) is 16.9 Å². The van der Waals surface area contributed by atoms with Gasteiger partial charge in [0.05, 0.1) is 6.04 Å². The van der Waals surface area contributed by atoms with Gasteiger partial charge in [-0.25, -0.2) is 0 Å². The summed E-state index contributed by atoms with van der Waals surface area (Å²) in [6.45, 7) is 4.63. The van der Waals surface area contributed by atoms with E-state index in [1.165, 1.54) is 13.8 Å². The number of nitrogens with one attached hydrogen (secondary N) is 3. The Balaban J connectivity index is 2.27. The quantitative estimate of drug-likeness (QED) is 0.689. The topological polar surface area (TPSA) is 87.3 Å². The average molecular weight is 418 g/mol. The third kappa shape index (κ3) is 5.42. The molecule has 3 amide bonds. The summed E-state index contributed by atoms with van der Waals surface area (Å²) < 4.78 is 0.902. The van der Waals surface area contributed by atoms with Crippen molar-refractivity contribution in [2.24, 2.45) is 0 Å². The highest BCUT2D eigenvalue weighted by molar-refractivity contribution is 9.10. The van der Waals surface area contributed by atoms with Crippen molar-refractivity contribution in [2.75, 3.05) is 10.6 Å². The maximum absolute atomic E-state index is 12.7. The first-order valence-electron chi connectivity index (χ1n) is 8.02. The number of benzene rings is 2. The van der Waals surface area contributed by atoms with Crippen molar-refractivity contribution in [2.45, 2.75) is 26.8 Å². The van der Waals surface area contributed by atoms with Gasteiger partial charge in [0.2, 0.25) is 11.8 Å². The summed E-state index contributed by atoms with van der Waals surface area (Å²) in [6.07, 6.45) is 0. The molecule has 0 aliphatic rings. The van der Waals surface area contributed by atoms with Crippen LogP contribution in [0.15, 0.2) is 46.9 Å². The fourth-order valence-electron chi connectivity index (χ4n) is 2.49. The van der Waals surface area contributed by atoms with Crippen LogP contribution in [0.1, 0.15) is 42.7 Å². The normalized spacial score (nSPS) is 11.4. The first-order valence-corrected chi connectivity index (χ1v) is 8.81. The zero-order valence-electron chi connectivity index (χ0n) is 14.7. The SMILES string of the molecule is CC(=O)Nc1cc(NC(C)=O)cc(C(=O)NC(C)c2ccccc2Br)c1. The van der Waals surface area contributed by atoms with Gasteiger partial charge in [0.1, 0.15) is 0 Å². The number of carbonyl (C=O) groups excluding carboxylic acids is 3. The van der Waals surface area contributed by atoms with Gasteiger partial charge in [-0.05, 0) is 36.8 Å². The van der Waals surface area contributed by atoms with Crippen LogP contribution in [0.25, 0.3) is 0 Å². The van der Waals surface area contributed by atoms with Crippen LogP contribution < -0.4 is 16.0 Å². The molecule has 0 aromatic heterocycles. The second-order valence-corrected chi connectivity index (χ2v) is 6.73. The van der Waals surface area contributed by atoms with Crippen LogP contribution in [0.3, 0.4) is 0 Å². The number of amides is 3. The molecule has 26 heavy (non-hydrogen) atoms. The molecule has 7 heteroatoms. The molecule has 2 rings (SSSR count). The number of hydrogen-bond donors (Lipinski definition) is 3. The molecule has 0 bridgehead atoms. The van der Waals surface area contributed by atoms with Gasteiger partial charge in [0.25, 0.3) is 5.91 Å². The van der Waals surface area contributed by atoms with Crippen LogP contribution in [-0.2, 0) is 9.59 Å². The Kier molecular flexibility index (Phi) is 6.52. The Morgan fingerprint density at radius 3 is 1.96 bits per heavy atom. The highest BCUT2D eigenvalue weighted by Gasteiger charge is 2.15. The molecule has 0 spiro atoms. The van der Waals surface area contributed by atoms with E-state index in [1.807, 2.05) is 31.2 Å². The lowest BCUT2D eigenvalue weighted by Gasteiger charge is -2.17. The zero-order chi connectivity index (χ0) is 19.3. The van der Waals surface area contributed by atoms with Crippen molar-refractivity contribution >= 4 is 45.0 Å². The fraction of sp³-hybridized carbons (Fsp3) is 0.211. The molecule has 2 aromatic carbocycles. The molecule has 0 radical (unpaired) electrons. The molecule has 0 heterocycles. The van der Waals surface area contributed by atoms with Gasteiger partial charge in [0, 0.05) is 35.3 Å². The van der Waals surface area contributed by atoms with Gasteiger partial charge in [-0.3, -0.25) is 14.4 Å². The van der Waals surface area contributed by atoms with Crippen molar-refractivity contribution in [1.29, 1.82) is 0 Å². The molecule has 0 fully saturated rings. The molecule has 0 aliphatic heterocycles. The van der Waals surface area contributed by atoms with E-state index in [2.05, 4.69) is 31.9 Å². The molecule has 6 nitrogen and oxygen atoms in total. The maximum Gasteiger partial charge on any atom is 0.251 e. The minimum absolute atomic E-state index is 0.230. The summed E-state index contributed by atoms with van der Waals surface area (Å²) in [5.41, 5.74) is 2.14. The number of hydrogen-bond acceptors (Lipinski definition) is 3. The minimum atomic E-state index is -0.313. The van der Waals surface area contributed by atoms with Crippen molar-refractivity contribution in [3.8, 4) is 0 Å². The summed E-state index contributed by atoms with van der Waals surface area (Å²) in [5.74, 6) is -0.845. The largest absolute Gasteiger partial charge is 0.345 e. The van der Waals surface area contributed by atoms with E-state index in [4.69, 9.17) is 0 Å².